The minimum absolute atomic E-state index is 0.150. The summed E-state index contributed by atoms with van der Waals surface area (Å²) in [5.74, 6) is 0. The molecule has 0 radical (unpaired) electrons. The molecule has 0 aromatic carbocycles. The Labute approximate surface area is 68.9 Å². The van der Waals surface area contributed by atoms with Gasteiger partial charge in [0.15, 0.2) is 0 Å². The molecule has 0 saturated carbocycles. The highest BCUT2D eigenvalue weighted by Gasteiger charge is 2.17. The maximum atomic E-state index is 9.90. The summed E-state index contributed by atoms with van der Waals surface area (Å²) in [5, 5.41) is 0. The second kappa shape index (κ2) is 5.16. The largest absolute Gasteiger partial charge is 0.467 e. The first-order chi connectivity index (χ1) is 5.12. The molecule has 0 aliphatic rings. The third kappa shape index (κ3) is 5.89. The molecule has 0 fully saturated rings. The van der Waals surface area contributed by atoms with E-state index in [1.165, 1.54) is 12.8 Å². The van der Waals surface area contributed by atoms with Gasteiger partial charge >= 0.3 is 0 Å². The third-order valence-electron chi connectivity index (χ3n) is 1.75. The summed E-state index contributed by atoms with van der Waals surface area (Å²) in [6.07, 6.45) is 3.52. The number of rotatable bonds is 6. The van der Waals surface area contributed by atoms with Crippen molar-refractivity contribution >= 4 is 6.47 Å². The van der Waals surface area contributed by atoms with Crippen LogP contribution >= 0.6 is 0 Å². The Hall–Kier alpha value is -0.530. The molecule has 0 saturated heterocycles. The van der Waals surface area contributed by atoms with Crippen molar-refractivity contribution in [3.63, 3.8) is 0 Å². The Morgan fingerprint density at radius 2 is 2.09 bits per heavy atom. The zero-order valence-corrected chi connectivity index (χ0v) is 7.72. The Bertz CT molecular complexity index is 108. The lowest BCUT2D eigenvalue weighted by atomic mass is 9.88. The van der Waals surface area contributed by atoms with Gasteiger partial charge in [0, 0.05) is 0 Å². The van der Waals surface area contributed by atoms with Gasteiger partial charge in [0.1, 0.15) is 0 Å². The third-order valence-corrected chi connectivity index (χ3v) is 1.75. The van der Waals surface area contributed by atoms with Crippen LogP contribution in [0.2, 0.25) is 0 Å². The Morgan fingerprint density at radius 1 is 1.45 bits per heavy atom. The fourth-order valence-electron chi connectivity index (χ4n) is 0.987. The maximum Gasteiger partial charge on any atom is 0.293 e. The summed E-state index contributed by atoms with van der Waals surface area (Å²) in [4.78, 5) is 9.90. The second-order valence-corrected chi connectivity index (χ2v) is 3.67. The highest BCUT2D eigenvalue weighted by molar-refractivity contribution is 5.36. The second-order valence-electron chi connectivity index (χ2n) is 3.67. The summed E-state index contributed by atoms with van der Waals surface area (Å²) in [7, 11) is 0. The van der Waals surface area contributed by atoms with Gasteiger partial charge in [0.2, 0.25) is 0 Å². The molecule has 11 heavy (non-hydrogen) atoms. The monoisotopic (exact) mass is 158 g/mol. The van der Waals surface area contributed by atoms with Gasteiger partial charge in [0.05, 0.1) is 6.61 Å². The highest BCUT2D eigenvalue weighted by atomic mass is 16.5. The van der Waals surface area contributed by atoms with Gasteiger partial charge in [-0.1, -0.05) is 33.6 Å². The maximum absolute atomic E-state index is 9.90. The summed E-state index contributed by atoms with van der Waals surface area (Å²) in [6.45, 7) is 7.46. The highest BCUT2D eigenvalue weighted by Crippen LogP contribution is 2.22. The molecule has 2 nitrogen and oxygen atoms in total. The van der Waals surface area contributed by atoms with E-state index in [-0.39, 0.29) is 5.41 Å². The lowest BCUT2D eigenvalue weighted by Gasteiger charge is -2.22. The van der Waals surface area contributed by atoms with Crippen molar-refractivity contribution in [1.29, 1.82) is 0 Å². The molecule has 0 bridgehead atoms. The van der Waals surface area contributed by atoms with Crippen LogP contribution < -0.4 is 0 Å². The molecular weight excluding hydrogens is 140 g/mol. The van der Waals surface area contributed by atoms with Crippen LogP contribution in [-0.4, -0.2) is 13.1 Å². The normalized spacial score (nSPS) is 11.2. The molecule has 0 rings (SSSR count). The molecule has 0 aromatic heterocycles. The summed E-state index contributed by atoms with van der Waals surface area (Å²) < 4.78 is 4.71. The molecule has 0 spiro atoms. The van der Waals surface area contributed by atoms with Crippen LogP contribution in [0, 0.1) is 5.41 Å². The van der Waals surface area contributed by atoms with Crippen LogP contribution in [0.15, 0.2) is 0 Å². The summed E-state index contributed by atoms with van der Waals surface area (Å²) in [6, 6.07) is 0. The zero-order chi connectivity index (χ0) is 8.74. The quantitative estimate of drug-likeness (QED) is 0.555. The molecular formula is C9H18O2. The van der Waals surface area contributed by atoms with Crippen LogP contribution in [0.3, 0.4) is 0 Å². The van der Waals surface area contributed by atoms with Gasteiger partial charge in [0.25, 0.3) is 6.47 Å². The smallest absolute Gasteiger partial charge is 0.293 e. The van der Waals surface area contributed by atoms with Gasteiger partial charge < -0.3 is 4.74 Å². The molecule has 0 aliphatic carbocycles. The van der Waals surface area contributed by atoms with Gasteiger partial charge in [-0.05, 0) is 11.8 Å². The standard InChI is InChI=1S/C9H18O2/c1-4-5-6-9(2,3)7-11-8-10/h8H,4-7H2,1-3H3. The fourth-order valence-corrected chi connectivity index (χ4v) is 0.987. The number of carbonyl (C=O) groups excluding carboxylic acids is 1. The molecule has 0 aromatic rings. The zero-order valence-electron chi connectivity index (χ0n) is 7.72. The van der Waals surface area contributed by atoms with E-state index in [1.54, 1.807) is 0 Å². The SMILES string of the molecule is CCCCC(C)(C)COC=O. The van der Waals surface area contributed by atoms with E-state index >= 15 is 0 Å². The molecule has 0 atom stereocenters. The van der Waals surface area contributed by atoms with Crippen molar-refractivity contribution in [2.24, 2.45) is 5.41 Å². The van der Waals surface area contributed by atoms with Crippen molar-refractivity contribution in [3.05, 3.63) is 0 Å². The Morgan fingerprint density at radius 3 is 2.55 bits per heavy atom. The molecule has 0 N–H and O–H groups in total. The Balaban J connectivity index is 3.51. The number of carbonyl (C=O) groups is 1. The van der Waals surface area contributed by atoms with E-state index in [1.807, 2.05) is 0 Å². The van der Waals surface area contributed by atoms with E-state index in [9.17, 15) is 4.79 Å². The predicted molar refractivity (Wildman–Crippen MR) is 45.3 cm³/mol. The van der Waals surface area contributed by atoms with E-state index in [0.717, 1.165) is 6.42 Å². The van der Waals surface area contributed by atoms with E-state index < -0.39 is 0 Å². The van der Waals surface area contributed by atoms with Crippen LogP contribution in [0.5, 0.6) is 0 Å². The van der Waals surface area contributed by atoms with Gasteiger partial charge in [-0.3, -0.25) is 4.79 Å². The number of hydrogen-bond donors (Lipinski definition) is 0. The van der Waals surface area contributed by atoms with Gasteiger partial charge in [-0.25, -0.2) is 0 Å². The molecule has 0 aliphatic heterocycles. The van der Waals surface area contributed by atoms with Crippen molar-refractivity contribution in [2.75, 3.05) is 6.61 Å². The topological polar surface area (TPSA) is 26.3 Å². The number of unbranched alkanes of at least 4 members (excludes halogenated alkanes) is 1. The first-order valence-electron chi connectivity index (χ1n) is 4.17. The minimum atomic E-state index is 0.150. The summed E-state index contributed by atoms with van der Waals surface area (Å²) >= 11 is 0. The average molecular weight is 158 g/mol. The molecule has 0 heterocycles. The van der Waals surface area contributed by atoms with Crippen molar-refractivity contribution in [1.82, 2.24) is 0 Å². The van der Waals surface area contributed by atoms with E-state index in [0.29, 0.717) is 13.1 Å². The Kier molecular flexibility index (Phi) is 4.92. The van der Waals surface area contributed by atoms with Crippen LogP contribution in [0.25, 0.3) is 0 Å². The van der Waals surface area contributed by atoms with E-state index in [2.05, 4.69) is 20.8 Å². The molecule has 0 amide bonds. The van der Waals surface area contributed by atoms with Crippen LogP contribution in [0.1, 0.15) is 40.0 Å². The number of ether oxygens (including phenoxy) is 1. The molecule has 66 valence electrons. The lowest BCUT2D eigenvalue weighted by molar-refractivity contribution is -0.131. The van der Waals surface area contributed by atoms with Crippen molar-refractivity contribution in [2.45, 2.75) is 40.0 Å². The first-order valence-corrected chi connectivity index (χ1v) is 4.17. The number of hydrogen-bond acceptors (Lipinski definition) is 2. The first kappa shape index (κ1) is 10.5. The van der Waals surface area contributed by atoms with Gasteiger partial charge in [-0.15, -0.1) is 0 Å². The fraction of sp³-hybridized carbons (Fsp3) is 0.889. The summed E-state index contributed by atoms with van der Waals surface area (Å²) in [5.41, 5.74) is 0.150. The van der Waals surface area contributed by atoms with Crippen LogP contribution in [-0.2, 0) is 9.53 Å². The van der Waals surface area contributed by atoms with Crippen LogP contribution in [0.4, 0.5) is 0 Å². The molecule has 0 unspecified atom stereocenters. The van der Waals surface area contributed by atoms with E-state index in [4.69, 9.17) is 4.74 Å². The van der Waals surface area contributed by atoms with Crippen molar-refractivity contribution < 1.29 is 9.53 Å². The van der Waals surface area contributed by atoms with Gasteiger partial charge in [-0.2, -0.15) is 0 Å². The minimum Gasteiger partial charge on any atom is -0.467 e. The lowest BCUT2D eigenvalue weighted by Crippen LogP contribution is -2.18. The van der Waals surface area contributed by atoms with Crippen molar-refractivity contribution in [3.8, 4) is 0 Å². The molecule has 2 heteroatoms. The predicted octanol–water partition coefficient (Wildman–Crippen LogP) is 2.38. The average Bonchev–Trinajstić information content (AvgIpc) is 1.97.